The molecule has 5 rings (SSSR count). The zero-order chi connectivity index (χ0) is 35.1. The minimum atomic E-state index is -5.08. The van der Waals surface area contributed by atoms with Gasteiger partial charge in [0.1, 0.15) is 23.4 Å². The first-order valence-corrected chi connectivity index (χ1v) is 15.5. The van der Waals surface area contributed by atoms with Crippen LogP contribution >= 0.6 is 11.3 Å². The molecule has 1 aliphatic rings. The number of aromatic nitrogens is 4. The fourth-order valence-electron chi connectivity index (χ4n) is 4.80. The number of para-hydroxylation sites is 1. The Hall–Kier alpha value is -4.58. The molecule has 11 nitrogen and oxygen atoms in total. The predicted octanol–water partition coefficient (Wildman–Crippen LogP) is 7.23. The summed E-state index contributed by atoms with van der Waals surface area (Å²) in [5.74, 6) is -2.30. The molecule has 18 heteroatoms. The lowest BCUT2D eigenvalue weighted by atomic mass is 10.0. The van der Waals surface area contributed by atoms with Gasteiger partial charge in [0, 0.05) is 37.7 Å². The number of carboxylic acid groups (broad SMARTS) is 1. The Kier molecular flexibility index (Phi) is 11.7. The van der Waals surface area contributed by atoms with E-state index in [1.807, 2.05) is 6.07 Å². The largest absolute Gasteiger partial charge is 0.490 e. The molecule has 258 valence electrons. The molecule has 4 heterocycles. The summed E-state index contributed by atoms with van der Waals surface area (Å²) in [6.07, 6.45) is -4.05. The highest BCUT2D eigenvalue weighted by Gasteiger charge is 2.38. The minimum absolute atomic E-state index is 0.0951. The number of nitrogens with zero attached hydrogens (tertiary/aromatic N) is 5. The summed E-state index contributed by atoms with van der Waals surface area (Å²) in [5, 5.41) is 13.3. The van der Waals surface area contributed by atoms with Crippen molar-refractivity contribution in [3.05, 3.63) is 48.4 Å². The summed E-state index contributed by atoms with van der Waals surface area (Å²) in [6, 6.07) is 9.73. The molecule has 1 amide bonds. The molecule has 0 radical (unpaired) electrons. The molecular weight excluding hydrogens is 668 g/mol. The van der Waals surface area contributed by atoms with E-state index in [9.17, 15) is 31.1 Å². The van der Waals surface area contributed by atoms with Crippen LogP contribution < -0.4 is 15.4 Å². The highest BCUT2D eigenvalue weighted by molar-refractivity contribution is 7.22. The first-order chi connectivity index (χ1) is 22.6. The average Bonchev–Trinajstić information content (AvgIpc) is 3.42. The third-order valence-electron chi connectivity index (χ3n) is 7.08. The van der Waals surface area contributed by atoms with Crippen LogP contribution in [-0.4, -0.2) is 73.7 Å². The summed E-state index contributed by atoms with van der Waals surface area (Å²) < 4.78 is 79.1. The fourth-order valence-corrected chi connectivity index (χ4v) is 5.73. The maximum atomic E-state index is 13.5. The Morgan fingerprint density at radius 2 is 1.83 bits per heavy atom. The van der Waals surface area contributed by atoms with Gasteiger partial charge < -0.3 is 25.4 Å². The van der Waals surface area contributed by atoms with Gasteiger partial charge in [-0.1, -0.05) is 23.8 Å². The van der Waals surface area contributed by atoms with Crippen molar-refractivity contribution in [3.63, 3.8) is 0 Å². The lowest BCUT2D eigenvalue weighted by Gasteiger charge is -2.33. The first kappa shape index (κ1) is 36.3. The van der Waals surface area contributed by atoms with E-state index >= 15 is 0 Å². The number of amides is 1. The number of benzene rings is 1. The smallest absolute Gasteiger partial charge is 0.475 e. The molecule has 1 unspecified atom stereocenters. The maximum Gasteiger partial charge on any atom is 0.490 e. The number of fused-ring (bicyclic) bond motifs is 1. The summed E-state index contributed by atoms with van der Waals surface area (Å²) in [6.45, 7) is 5.98. The molecule has 1 aliphatic heterocycles. The number of carbonyl (C=O) groups is 2. The molecule has 1 aromatic carbocycles. The van der Waals surface area contributed by atoms with E-state index < -0.39 is 24.0 Å². The van der Waals surface area contributed by atoms with Gasteiger partial charge in [-0.25, -0.2) is 24.7 Å². The molecule has 48 heavy (non-hydrogen) atoms. The predicted molar refractivity (Wildman–Crippen MR) is 166 cm³/mol. The molecule has 0 aliphatic carbocycles. The Morgan fingerprint density at radius 3 is 2.50 bits per heavy atom. The number of nitrogens with one attached hydrogen (secondary N) is 2. The first-order valence-electron chi connectivity index (χ1n) is 14.7. The molecule has 3 aromatic heterocycles. The third-order valence-corrected chi connectivity index (χ3v) is 8.02. The van der Waals surface area contributed by atoms with E-state index in [0.29, 0.717) is 40.2 Å². The van der Waals surface area contributed by atoms with Gasteiger partial charge in [-0.3, -0.25) is 4.79 Å². The molecule has 1 fully saturated rings. The summed E-state index contributed by atoms with van der Waals surface area (Å²) in [5.41, 5.74) is 0.316. The molecular formula is C30H31F6N7O4S. The lowest BCUT2D eigenvalue weighted by molar-refractivity contribution is -0.192. The zero-order valence-corrected chi connectivity index (χ0v) is 26.5. The molecule has 0 spiro atoms. The van der Waals surface area contributed by atoms with Crippen LogP contribution in [0.5, 0.6) is 11.6 Å². The van der Waals surface area contributed by atoms with Crippen molar-refractivity contribution in [1.82, 2.24) is 24.8 Å². The Morgan fingerprint density at radius 1 is 1.08 bits per heavy atom. The second-order valence-electron chi connectivity index (χ2n) is 10.7. The molecule has 1 saturated heterocycles. The number of likely N-dealkylation sites (tertiary alicyclic amines) is 1. The van der Waals surface area contributed by atoms with Crippen molar-refractivity contribution >= 4 is 44.4 Å². The minimum Gasteiger partial charge on any atom is -0.475 e. The third kappa shape index (κ3) is 9.96. The highest BCUT2D eigenvalue weighted by atomic mass is 32.1. The summed E-state index contributed by atoms with van der Waals surface area (Å²) in [7, 11) is 0. The SMILES string of the molecule is CC(=O)Nc1nc2c(Oc3cc(-c4ccc(C(F)(F)F)nc4NCCCN4CCCCC4C)ncn3)cccc2s1.O=C(O)C(F)(F)F. The van der Waals surface area contributed by atoms with Crippen LogP contribution in [0.15, 0.2) is 42.7 Å². The quantitative estimate of drug-likeness (QED) is 0.121. The molecule has 4 aromatic rings. The number of rotatable bonds is 9. The number of aliphatic carboxylic acids is 1. The van der Waals surface area contributed by atoms with Crippen LogP contribution in [0.1, 0.15) is 45.2 Å². The Balaban J connectivity index is 0.000000671. The molecule has 3 N–H and O–H groups in total. The van der Waals surface area contributed by atoms with Gasteiger partial charge >= 0.3 is 18.3 Å². The number of ether oxygens (including phenoxy) is 1. The van der Waals surface area contributed by atoms with E-state index in [4.69, 9.17) is 14.6 Å². The number of hydrogen-bond donors (Lipinski definition) is 3. The van der Waals surface area contributed by atoms with Crippen LogP contribution in [0.2, 0.25) is 0 Å². The van der Waals surface area contributed by atoms with Gasteiger partial charge in [-0.15, -0.1) is 0 Å². The van der Waals surface area contributed by atoms with E-state index in [0.717, 1.165) is 36.7 Å². The zero-order valence-electron chi connectivity index (χ0n) is 25.7. The molecule has 0 bridgehead atoms. The van der Waals surface area contributed by atoms with Crippen LogP contribution in [0.25, 0.3) is 21.5 Å². The normalized spacial score (nSPS) is 15.4. The van der Waals surface area contributed by atoms with Crippen LogP contribution in [0.3, 0.4) is 0 Å². The lowest BCUT2D eigenvalue weighted by Crippen LogP contribution is -2.38. The van der Waals surface area contributed by atoms with Crippen molar-refractivity contribution in [2.75, 3.05) is 30.3 Å². The Labute approximate surface area is 274 Å². The van der Waals surface area contributed by atoms with E-state index in [2.05, 4.69) is 42.4 Å². The van der Waals surface area contributed by atoms with Crippen LogP contribution in [0.4, 0.5) is 37.3 Å². The molecule has 1 atom stereocenters. The summed E-state index contributed by atoms with van der Waals surface area (Å²) >= 11 is 1.31. The second kappa shape index (κ2) is 15.5. The van der Waals surface area contributed by atoms with Gasteiger partial charge in [0.05, 0.1) is 10.4 Å². The number of anilines is 2. The van der Waals surface area contributed by atoms with Crippen molar-refractivity contribution in [1.29, 1.82) is 0 Å². The van der Waals surface area contributed by atoms with E-state index in [-0.39, 0.29) is 17.6 Å². The molecule has 0 saturated carbocycles. The Bertz CT molecular complexity index is 1730. The second-order valence-corrected chi connectivity index (χ2v) is 11.7. The number of halogens is 6. The number of pyridine rings is 1. The van der Waals surface area contributed by atoms with Gasteiger partial charge in [0.2, 0.25) is 11.8 Å². The standard InChI is InChI=1S/C28H30F3N7O2S.C2HF3O2/c1-17-7-3-4-13-38(17)14-6-12-32-26-19(10-11-23(36-26)28(29,30)31)20-15-24(34-16-33-20)40-21-8-5-9-22-25(21)37-27(41-22)35-18(2)39;3-2(4,5)1(6)7/h5,8-11,15-17H,3-4,6-7,12-14H2,1-2H3,(H,32,36)(H,35,37,39);(H,6,7). The number of thiazole rings is 1. The van der Waals surface area contributed by atoms with Crippen LogP contribution in [0, 0.1) is 0 Å². The van der Waals surface area contributed by atoms with Gasteiger partial charge in [-0.05, 0) is 57.0 Å². The van der Waals surface area contributed by atoms with Crippen molar-refractivity contribution in [2.24, 2.45) is 0 Å². The van der Waals surface area contributed by atoms with Gasteiger partial charge in [0.15, 0.2) is 10.9 Å². The number of carbonyl (C=O) groups excluding carboxylic acids is 1. The monoisotopic (exact) mass is 699 g/mol. The number of alkyl halides is 6. The number of hydrogen-bond acceptors (Lipinski definition) is 10. The van der Waals surface area contributed by atoms with Crippen LogP contribution in [-0.2, 0) is 15.8 Å². The number of piperidine rings is 1. The van der Waals surface area contributed by atoms with Crippen molar-refractivity contribution < 1.29 is 45.8 Å². The summed E-state index contributed by atoms with van der Waals surface area (Å²) in [4.78, 5) is 39.6. The topological polar surface area (TPSA) is 142 Å². The van der Waals surface area contributed by atoms with E-state index in [1.165, 1.54) is 43.5 Å². The maximum absolute atomic E-state index is 13.5. The number of carboxylic acids is 1. The average molecular weight is 700 g/mol. The van der Waals surface area contributed by atoms with Crippen molar-refractivity contribution in [2.45, 2.75) is 57.9 Å². The van der Waals surface area contributed by atoms with Gasteiger partial charge in [-0.2, -0.15) is 26.3 Å². The highest BCUT2D eigenvalue weighted by Crippen LogP contribution is 2.36. The van der Waals surface area contributed by atoms with E-state index in [1.54, 1.807) is 18.2 Å². The fraction of sp³-hybridized carbons (Fsp3) is 0.400. The van der Waals surface area contributed by atoms with Crippen molar-refractivity contribution in [3.8, 4) is 22.9 Å². The van der Waals surface area contributed by atoms with Gasteiger partial charge in [0.25, 0.3) is 0 Å².